The molecule has 102 valence electrons. The average Bonchev–Trinajstić information content (AvgIpc) is 3.20. The summed E-state index contributed by atoms with van der Waals surface area (Å²) in [5, 5.41) is 0. The van der Waals surface area contributed by atoms with Crippen LogP contribution in [0.4, 0.5) is 0 Å². The molecule has 0 spiro atoms. The monoisotopic (exact) mass is 269 g/mol. The quantitative estimate of drug-likeness (QED) is 0.769. The topological polar surface area (TPSA) is 49.6 Å². The van der Waals surface area contributed by atoms with Crippen molar-refractivity contribution < 1.29 is 4.79 Å². The molecular weight excluding hydrogens is 246 g/mol. The molecule has 2 aliphatic rings. The molecular formula is C13H23N3OS. The van der Waals surface area contributed by atoms with E-state index in [0.717, 1.165) is 26.2 Å². The third kappa shape index (κ3) is 3.01. The molecule has 4 nitrogen and oxygen atoms in total. The van der Waals surface area contributed by atoms with Crippen LogP contribution < -0.4 is 5.73 Å². The van der Waals surface area contributed by atoms with Crippen LogP contribution in [0.2, 0.25) is 0 Å². The molecule has 1 amide bonds. The maximum absolute atomic E-state index is 12.2. The summed E-state index contributed by atoms with van der Waals surface area (Å²) in [5.41, 5.74) is 5.67. The number of hydrogen-bond donors (Lipinski definition) is 1. The Balaban J connectivity index is 1.82. The van der Waals surface area contributed by atoms with Crippen LogP contribution in [0, 0.1) is 11.8 Å². The second-order valence-electron chi connectivity index (χ2n) is 5.57. The van der Waals surface area contributed by atoms with Gasteiger partial charge in [-0.05, 0) is 25.7 Å². The summed E-state index contributed by atoms with van der Waals surface area (Å²) >= 11 is 5.02. The summed E-state index contributed by atoms with van der Waals surface area (Å²) in [6.45, 7) is 7.48. The first-order chi connectivity index (χ1) is 8.50. The van der Waals surface area contributed by atoms with Gasteiger partial charge in [0.15, 0.2) is 0 Å². The fraction of sp³-hybridized carbons (Fsp3) is 0.846. The molecule has 2 fully saturated rings. The fourth-order valence-corrected chi connectivity index (χ4v) is 2.74. The summed E-state index contributed by atoms with van der Waals surface area (Å²) in [6, 6.07) is 0.137. The number of thiocarbonyl (C=S) groups is 1. The first kappa shape index (κ1) is 13.7. The van der Waals surface area contributed by atoms with Crippen LogP contribution in [0.5, 0.6) is 0 Å². The van der Waals surface area contributed by atoms with Gasteiger partial charge in [0.05, 0.1) is 11.0 Å². The van der Waals surface area contributed by atoms with E-state index >= 15 is 0 Å². The van der Waals surface area contributed by atoms with Gasteiger partial charge in [-0.25, -0.2) is 0 Å². The largest absolute Gasteiger partial charge is 0.392 e. The lowest BCUT2D eigenvalue weighted by Gasteiger charge is -2.38. The molecule has 2 N–H and O–H groups in total. The van der Waals surface area contributed by atoms with Crippen molar-refractivity contribution in [1.82, 2.24) is 9.80 Å². The van der Waals surface area contributed by atoms with Gasteiger partial charge in [0.25, 0.3) is 0 Å². The van der Waals surface area contributed by atoms with E-state index in [1.54, 1.807) is 0 Å². The molecule has 1 aliphatic carbocycles. The lowest BCUT2D eigenvalue weighted by Crippen LogP contribution is -2.54. The van der Waals surface area contributed by atoms with Gasteiger partial charge in [0, 0.05) is 32.1 Å². The van der Waals surface area contributed by atoms with E-state index in [1.165, 1.54) is 12.8 Å². The second kappa shape index (κ2) is 5.53. The Morgan fingerprint density at radius 3 is 2.22 bits per heavy atom. The minimum Gasteiger partial charge on any atom is -0.392 e. The highest BCUT2D eigenvalue weighted by Gasteiger charge is 2.36. The van der Waals surface area contributed by atoms with E-state index in [1.807, 2.05) is 11.8 Å². The molecule has 1 saturated carbocycles. The molecule has 0 aromatic rings. The molecule has 2 rings (SSSR count). The van der Waals surface area contributed by atoms with Gasteiger partial charge >= 0.3 is 0 Å². The summed E-state index contributed by atoms with van der Waals surface area (Å²) in [6.07, 6.45) is 2.46. The van der Waals surface area contributed by atoms with Crippen molar-refractivity contribution in [2.24, 2.45) is 17.6 Å². The predicted octanol–water partition coefficient (Wildman–Crippen LogP) is 0.851. The summed E-state index contributed by atoms with van der Waals surface area (Å²) in [5.74, 6) is 1.19. The van der Waals surface area contributed by atoms with Gasteiger partial charge in [-0.3, -0.25) is 9.69 Å². The number of amides is 1. The number of hydrogen-bond acceptors (Lipinski definition) is 3. The molecule has 0 radical (unpaired) electrons. The normalized spacial score (nSPS) is 24.7. The highest BCUT2D eigenvalue weighted by molar-refractivity contribution is 7.80. The third-order valence-corrected chi connectivity index (χ3v) is 4.65. The Labute approximate surface area is 114 Å². The minimum atomic E-state index is 0.137. The molecule has 0 aromatic carbocycles. The zero-order valence-electron chi connectivity index (χ0n) is 11.3. The van der Waals surface area contributed by atoms with Crippen molar-refractivity contribution in [2.75, 3.05) is 26.2 Å². The van der Waals surface area contributed by atoms with Gasteiger partial charge in [-0.15, -0.1) is 0 Å². The number of rotatable bonds is 4. The van der Waals surface area contributed by atoms with E-state index in [0.29, 0.717) is 16.8 Å². The van der Waals surface area contributed by atoms with Gasteiger partial charge in [0.1, 0.15) is 0 Å². The third-order valence-electron chi connectivity index (χ3n) is 4.30. The summed E-state index contributed by atoms with van der Waals surface area (Å²) in [7, 11) is 0. The Bertz CT molecular complexity index is 335. The van der Waals surface area contributed by atoms with Gasteiger partial charge < -0.3 is 10.6 Å². The maximum atomic E-state index is 12.2. The SMILES string of the molecule is CC(C(=O)N1CCN(C(C)C(N)=S)CC1)C1CC1. The number of piperazine rings is 1. The predicted molar refractivity (Wildman–Crippen MR) is 76.3 cm³/mol. The standard InChI is InChI=1S/C13H23N3OS/c1-9(11-3-4-11)13(17)16-7-5-15(6-8-16)10(2)12(14)18/h9-11H,3-8H2,1-2H3,(H2,14,18). The smallest absolute Gasteiger partial charge is 0.225 e. The number of carbonyl (C=O) groups is 1. The Morgan fingerprint density at radius 1 is 1.22 bits per heavy atom. The fourth-order valence-electron chi connectivity index (χ4n) is 2.60. The molecule has 1 saturated heterocycles. The van der Waals surface area contributed by atoms with Crippen molar-refractivity contribution in [1.29, 1.82) is 0 Å². The highest BCUT2D eigenvalue weighted by Crippen LogP contribution is 2.37. The van der Waals surface area contributed by atoms with Crippen LogP contribution in [0.15, 0.2) is 0 Å². The van der Waals surface area contributed by atoms with E-state index in [2.05, 4.69) is 11.8 Å². The summed E-state index contributed by atoms with van der Waals surface area (Å²) < 4.78 is 0. The Kier molecular flexibility index (Phi) is 4.22. The van der Waals surface area contributed by atoms with Crippen LogP contribution in [0.3, 0.4) is 0 Å². The van der Waals surface area contributed by atoms with E-state index in [4.69, 9.17) is 18.0 Å². The van der Waals surface area contributed by atoms with Gasteiger partial charge in [-0.2, -0.15) is 0 Å². The van der Waals surface area contributed by atoms with Crippen LogP contribution in [0.25, 0.3) is 0 Å². The average molecular weight is 269 g/mol. The zero-order chi connectivity index (χ0) is 13.3. The molecule has 1 aliphatic heterocycles. The minimum absolute atomic E-state index is 0.137. The van der Waals surface area contributed by atoms with Crippen molar-refractivity contribution in [3.63, 3.8) is 0 Å². The molecule has 2 atom stereocenters. The second-order valence-corrected chi connectivity index (χ2v) is 6.04. The zero-order valence-corrected chi connectivity index (χ0v) is 12.1. The van der Waals surface area contributed by atoms with E-state index in [-0.39, 0.29) is 12.0 Å². The van der Waals surface area contributed by atoms with Gasteiger partial charge in [-0.1, -0.05) is 19.1 Å². The molecule has 0 aromatic heterocycles. The lowest BCUT2D eigenvalue weighted by atomic mass is 10.0. The molecule has 5 heteroatoms. The highest BCUT2D eigenvalue weighted by atomic mass is 32.1. The van der Waals surface area contributed by atoms with Crippen LogP contribution >= 0.6 is 12.2 Å². The molecule has 1 heterocycles. The van der Waals surface area contributed by atoms with Gasteiger partial charge in [0.2, 0.25) is 5.91 Å². The van der Waals surface area contributed by atoms with E-state index in [9.17, 15) is 4.79 Å². The first-order valence-corrected chi connectivity index (χ1v) is 7.23. The number of nitrogens with zero attached hydrogens (tertiary/aromatic N) is 2. The lowest BCUT2D eigenvalue weighted by molar-refractivity contribution is -0.137. The van der Waals surface area contributed by atoms with Crippen molar-refractivity contribution in [2.45, 2.75) is 32.7 Å². The van der Waals surface area contributed by atoms with Crippen molar-refractivity contribution >= 4 is 23.1 Å². The van der Waals surface area contributed by atoms with Crippen LogP contribution in [0.1, 0.15) is 26.7 Å². The van der Waals surface area contributed by atoms with Crippen molar-refractivity contribution in [3.8, 4) is 0 Å². The van der Waals surface area contributed by atoms with Crippen molar-refractivity contribution in [3.05, 3.63) is 0 Å². The maximum Gasteiger partial charge on any atom is 0.225 e. The molecule has 2 unspecified atom stereocenters. The van der Waals surface area contributed by atoms with E-state index < -0.39 is 0 Å². The number of nitrogens with two attached hydrogens (primary N) is 1. The number of carbonyl (C=O) groups excluding carboxylic acids is 1. The molecule has 0 bridgehead atoms. The summed E-state index contributed by atoms with van der Waals surface area (Å²) in [4.78, 5) is 17.1. The van der Waals surface area contributed by atoms with Crippen LogP contribution in [-0.2, 0) is 4.79 Å². The first-order valence-electron chi connectivity index (χ1n) is 6.83. The molecule has 18 heavy (non-hydrogen) atoms. The Hall–Kier alpha value is -0.680. The Morgan fingerprint density at radius 2 is 1.78 bits per heavy atom. The van der Waals surface area contributed by atoms with Crippen LogP contribution in [-0.4, -0.2) is 52.9 Å².